The molecule has 14 bridgehead atoms. The van der Waals surface area contributed by atoms with E-state index in [0.29, 0.717) is 5.41 Å². The second kappa shape index (κ2) is 33.0. The molecule has 91 heavy (non-hydrogen) atoms. The van der Waals surface area contributed by atoms with E-state index in [2.05, 4.69) is 34.7 Å². The first-order chi connectivity index (χ1) is 42.5. The quantitative estimate of drug-likeness (QED) is 0.0793. The predicted molar refractivity (Wildman–Crippen MR) is 287 cm³/mol. The summed E-state index contributed by atoms with van der Waals surface area (Å²) in [4.78, 5) is 0. The summed E-state index contributed by atoms with van der Waals surface area (Å²) in [6.45, 7) is 6.29. The number of hydrogen-bond acceptors (Lipinski definition) is 35. The van der Waals surface area contributed by atoms with Gasteiger partial charge < -0.3 is 202 Å². The average Bonchev–Trinajstić information content (AvgIpc) is 1.16. The molecule has 0 saturated carbocycles. The topological polar surface area (TPSA) is 554 Å². The summed E-state index contributed by atoms with van der Waals surface area (Å²) in [5, 5.41) is 230. The van der Waals surface area contributed by atoms with Crippen molar-refractivity contribution >= 4 is 0 Å². The summed E-state index contributed by atoms with van der Waals surface area (Å²) in [6, 6.07) is 0. The van der Waals surface area contributed by atoms with Crippen molar-refractivity contribution < 1.29 is 202 Å². The van der Waals surface area contributed by atoms with Crippen LogP contribution < -0.4 is 24.0 Å². The van der Waals surface area contributed by atoms with Gasteiger partial charge in [0.2, 0.25) is 0 Å². The largest absolute Gasteiger partial charge is 1.00 e. The van der Waals surface area contributed by atoms with E-state index in [9.17, 15) is 107 Å². The second-order valence-corrected chi connectivity index (χ2v) is 25.7. The first-order valence-electron chi connectivity index (χ1n) is 30.3. The summed E-state index contributed by atoms with van der Waals surface area (Å²) < 4.78 is 80.7. The molecule has 0 spiro atoms. The molecule has 0 aromatic rings. The van der Waals surface area contributed by atoms with Gasteiger partial charge in [-0.2, -0.15) is 0 Å². The van der Waals surface area contributed by atoms with Crippen LogP contribution in [-0.4, -0.2) is 400 Å². The molecule has 37 atom stereocenters. The van der Waals surface area contributed by atoms with E-state index in [0.717, 1.165) is 5.92 Å². The number of aliphatic hydroxyl groups excluding tert-OH is 21. The van der Waals surface area contributed by atoms with Crippen molar-refractivity contribution in [1.29, 1.82) is 0 Å². The van der Waals surface area contributed by atoms with Gasteiger partial charge in [0.15, 0.2) is 44.0 Å². The molecule has 22 saturated heterocycles. The summed E-state index contributed by atoms with van der Waals surface area (Å²) >= 11 is 0. The molecule has 22 aliphatic heterocycles. The summed E-state index contributed by atoms with van der Waals surface area (Å²) in [7, 11) is 2.42. The Balaban J connectivity index is 0.000000748. The summed E-state index contributed by atoms with van der Waals surface area (Å²) in [6.07, 6.45) is -67.4. The van der Waals surface area contributed by atoms with Crippen LogP contribution in [0.3, 0.4) is 0 Å². The van der Waals surface area contributed by atoms with E-state index in [-0.39, 0.29) is 24.0 Å². The van der Waals surface area contributed by atoms with E-state index >= 15 is 0 Å². The summed E-state index contributed by atoms with van der Waals surface area (Å²) in [5.74, 6) is 0.918. The van der Waals surface area contributed by atoms with Crippen LogP contribution in [0.5, 0.6) is 0 Å². The average molecular weight is 1450 g/mol. The van der Waals surface area contributed by atoms with Crippen LogP contribution in [0, 0.1) is 11.3 Å². The Kier molecular flexibility index (Phi) is 28.1. The van der Waals surface area contributed by atoms with Crippen molar-refractivity contribution in [2.45, 2.75) is 255 Å². The molecule has 0 aromatic carbocycles. The zero-order chi connectivity index (χ0) is 66.2. The predicted octanol–water partition coefficient (Wildman–Crippen LogP) is -15.3. The number of likely N-dealkylation sites (tertiary alicyclic amines) is 1. The number of rotatable bonds is 8. The third-order valence-corrected chi connectivity index (χ3v) is 18.4. The smallest absolute Gasteiger partial charge is 0.187 e. The Morgan fingerprint density at radius 2 is 0.495 bits per heavy atom. The third kappa shape index (κ3) is 16.8. The maximum absolute atomic E-state index is 11.3. The first kappa shape index (κ1) is 77.6. The fourth-order valence-corrected chi connectivity index (χ4v) is 13.4. The van der Waals surface area contributed by atoms with Crippen LogP contribution in [0.1, 0.15) is 40.5 Å². The van der Waals surface area contributed by atoms with Gasteiger partial charge in [0.25, 0.3) is 0 Å². The minimum atomic E-state index is -2.21. The normalized spacial score (nSPS) is 52.5. The number of nitrogens with zero attached hydrogens (tertiary/aromatic N) is 1. The molecule has 0 aliphatic carbocycles. The minimum Gasteiger partial charge on any atom is -1.00 e. The molecule has 37 heteroatoms. The molecule has 22 rings (SSSR count). The van der Waals surface area contributed by atoms with Gasteiger partial charge in [0.05, 0.1) is 72.9 Å². The van der Waals surface area contributed by atoms with Crippen LogP contribution in [-0.2, 0) is 66.3 Å². The molecule has 2 unspecified atom stereocenters. The maximum atomic E-state index is 11.3. The van der Waals surface area contributed by atoms with Crippen LogP contribution in [0.25, 0.3) is 0 Å². The van der Waals surface area contributed by atoms with Gasteiger partial charge in [0.1, 0.15) is 171 Å². The zero-order valence-corrected chi connectivity index (χ0v) is 52.9. The number of ether oxygens (including phenoxy) is 14. The van der Waals surface area contributed by atoms with Crippen molar-refractivity contribution in [1.82, 2.24) is 0 Å². The molecule has 0 amide bonds. The van der Waals surface area contributed by atoms with E-state index < -0.39 is 261 Å². The number of hydrogen-bond donors (Lipinski definition) is 21. The van der Waals surface area contributed by atoms with Gasteiger partial charge in [-0.25, -0.2) is 0 Å². The van der Waals surface area contributed by atoms with Gasteiger partial charge in [-0.15, -0.1) is 0 Å². The molecule has 21 N–H and O–H groups in total. The molecular formula is C54H96INO35. The highest BCUT2D eigenvalue weighted by Gasteiger charge is 2.60. The lowest BCUT2D eigenvalue weighted by Crippen LogP contribution is -3.00. The van der Waals surface area contributed by atoms with Crippen molar-refractivity contribution in [3.8, 4) is 0 Å². The molecular weight excluding hydrogens is 1350 g/mol. The van der Waals surface area contributed by atoms with Crippen molar-refractivity contribution in [2.75, 3.05) is 72.9 Å². The molecule has 22 heterocycles. The summed E-state index contributed by atoms with van der Waals surface area (Å²) in [5.41, 5.74) is 0.542. The fourth-order valence-electron chi connectivity index (χ4n) is 13.4. The standard InChI is InChI=1S/C42H70O35.C12H26N.HI/c43-1-8-29-15(50)22(57)36(64-8)72-30-9(2-44)66-38(24(59)17(30)52)74-32-11(4-46)68-40(26(61)19(32)54)76-34-13(6-48)70-42(28(63)21(34)56)77-35-14(7-49)69-41(27(62)20(35)55)75-33-12(5-47)67-39(25(60)18(33)53)73-31-10(3-45)65-37(71-29)23(58)16(31)51;1-6-13(5)8-7-11(2)9-12(3,4)10-13;/h8-63H,1-7H2;11H,6-10H2,1-5H3;1H/q;+1;/p-1/t8-,9-,10-,11-,12-,13-,14-,15-,16-,17-,18-,19+,20+,21+,22-,23-,24-,25-,26+,27+,28+,29-,30-,31-,32-,33-,34-,35-,36-,37-,38-,39-,40-,41-,42-;;/m1../s1. The molecule has 0 radical (unpaired) electrons. The third-order valence-electron chi connectivity index (χ3n) is 18.4. The SMILES string of the molecule is CC[N+]1(C)CCC(C)CC(C)(C)C1.OC[C@H]1O[C@@H]2O[C@H]3[C@H](O)[C@@H](O)[C@@H](O[C@H]4[C@H](O)[C@@H](O)[C@@H](O[C@H]5[C@H](O)[C@@H](O)[C@@H](O[C@H]6[C@@H](O)[C@H](O)[C@@H](O[C@H]7[C@@H](O)[C@H](O)[C@@H](O[C@H]8[C@@H](O)[C@H](O)[C@@H](O[C@H]1[C@H](O)[C@H]2O)O[C@@H]8CO)O[C@@H]7CO)O[C@@H]6CO)O[C@@H]5CO)O[C@@H]4CO)O[C@@H]3CO.[I-]. The van der Waals surface area contributed by atoms with Gasteiger partial charge in [0, 0.05) is 5.41 Å². The van der Waals surface area contributed by atoms with Gasteiger partial charge in [-0.3, -0.25) is 0 Å². The zero-order valence-electron chi connectivity index (χ0n) is 50.7. The van der Waals surface area contributed by atoms with Crippen LogP contribution in [0.15, 0.2) is 0 Å². The van der Waals surface area contributed by atoms with Crippen LogP contribution >= 0.6 is 0 Å². The van der Waals surface area contributed by atoms with Crippen LogP contribution in [0.2, 0.25) is 0 Å². The molecule has 36 nitrogen and oxygen atoms in total. The Hall–Kier alpha value is -0.710. The Bertz CT molecular complexity index is 1830. The first-order valence-corrected chi connectivity index (χ1v) is 30.3. The van der Waals surface area contributed by atoms with E-state index in [1.54, 1.807) is 0 Å². The number of quaternary nitrogens is 1. The lowest BCUT2D eigenvalue weighted by Gasteiger charge is -2.50. The molecule has 0 aromatic heterocycles. The van der Waals surface area contributed by atoms with Crippen molar-refractivity contribution in [3.05, 3.63) is 0 Å². The maximum Gasteiger partial charge on any atom is 0.187 e. The second-order valence-electron chi connectivity index (χ2n) is 25.7. The molecule has 22 aliphatic rings. The van der Waals surface area contributed by atoms with E-state index in [1.165, 1.54) is 37.0 Å². The van der Waals surface area contributed by atoms with E-state index in [1.807, 2.05) is 0 Å². The Morgan fingerprint density at radius 3 is 0.648 bits per heavy atom. The molecule has 534 valence electrons. The lowest BCUT2D eigenvalue weighted by atomic mass is 9.83. The highest BCUT2D eigenvalue weighted by Crippen LogP contribution is 2.40. The Morgan fingerprint density at radius 1 is 0.319 bits per heavy atom. The minimum absolute atomic E-state index is 0. The van der Waals surface area contributed by atoms with E-state index in [4.69, 9.17) is 66.3 Å². The van der Waals surface area contributed by atoms with Gasteiger partial charge >= 0.3 is 0 Å². The van der Waals surface area contributed by atoms with Crippen LogP contribution in [0.4, 0.5) is 0 Å². The van der Waals surface area contributed by atoms with Gasteiger partial charge in [-0.1, -0.05) is 20.8 Å². The van der Waals surface area contributed by atoms with Gasteiger partial charge in [-0.05, 0) is 25.7 Å². The number of aliphatic hydroxyl groups is 21. The van der Waals surface area contributed by atoms with Crippen molar-refractivity contribution in [2.24, 2.45) is 11.3 Å². The molecule has 22 fully saturated rings. The lowest BCUT2D eigenvalue weighted by molar-refractivity contribution is -0.912. The fraction of sp³-hybridized carbons (Fsp3) is 1.00. The Labute approximate surface area is 539 Å². The highest BCUT2D eigenvalue weighted by atomic mass is 127. The number of halogens is 1. The highest BCUT2D eigenvalue weighted by molar-refractivity contribution is 5.02. The monoisotopic (exact) mass is 1450 g/mol. The van der Waals surface area contributed by atoms with Crippen molar-refractivity contribution in [3.63, 3.8) is 0 Å².